The van der Waals surface area contributed by atoms with E-state index in [-0.39, 0.29) is 0 Å². The lowest BCUT2D eigenvalue weighted by molar-refractivity contribution is 0.246. The van der Waals surface area contributed by atoms with Gasteiger partial charge in [0.1, 0.15) is 5.82 Å². The summed E-state index contributed by atoms with van der Waals surface area (Å²) in [4.78, 5) is 9.39. The fourth-order valence-electron chi connectivity index (χ4n) is 2.83. The summed E-state index contributed by atoms with van der Waals surface area (Å²) >= 11 is 0. The number of piperazine rings is 1. The molecule has 1 aliphatic rings. The smallest absolute Gasteiger partial charge is 0.128 e. The molecule has 2 rings (SSSR count). The molecule has 1 saturated heterocycles. The highest BCUT2D eigenvalue weighted by Gasteiger charge is 2.17. The third kappa shape index (κ3) is 4.76. The minimum Gasteiger partial charge on any atom is -0.354 e. The molecule has 0 radical (unpaired) electrons. The van der Waals surface area contributed by atoms with Crippen molar-refractivity contribution in [1.29, 1.82) is 0 Å². The highest BCUT2D eigenvalue weighted by molar-refractivity contribution is 5.38. The van der Waals surface area contributed by atoms with Crippen molar-refractivity contribution in [3.63, 3.8) is 0 Å². The summed E-state index contributed by atoms with van der Waals surface area (Å²) in [7, 11) is 0. The minimum absolute atomic E-state index is 0.773. The number of pyridine rings is 1. The zero-order valence-corrected chi connectivity index (χ0v) is 12.7. The Kier molecular flexibility index (Phi) is 6.27. The average Bonchev–Trinajstić information content (AvgIpc) is 2.49. The van der Waals surface area contributed by atoms with Crippen molar-refractivity contribution in [2.45, 2.75) is 26.2 Å². The van der Waals surface area contributed by atoms with Crippen molar-refractivity contribution in [2.75, 3.05) is 44.2 Å². The van der Waals surface area contributed by atoms with Gasteiger partial charge >= 0.3 is 0 Å². The summed E-state index contributed by atoms with van der Waals surface area (Å²) in [5, 5.41) is 0. The standard InChI is InChI=1S/C16H28N4/c1-15(7-8-17)5-4-10-19-11-13-20(14-12-19)16-6-2-3-9-18-16/h2-3,6,9,15H,4-5,7-8,10-14,17H2,1H3. The lowest BCUT2D eigenvalue weighted by atomic mass is 10.0. The Labute approximate surface area is 123 Å². The third-order valence-electron chi connectivity index (χ3n) is 4.18. The fourth-order valence-corrected chi connectivity index (χ4v) is 2.83. The molecule has 2 heterocycles. The van der Waals surface area contributed by atoms with Crippen LogP contribution in [0.25, 0.3) is 0 Å². The molecule has 1 aromatic rings. The maximum atomic E-state index is 5.59. The van der Waals surface area contributed by atoms with E-state index in [0.717, 1.165) is 50.9 Å². The second-order valence-corrected chi connectivity index (χ2v) is 5.84. The van der Waals surface area contributed by atoms with E-state index in [4.69, 9.17) is 5.73 Å². The van der Waals surface area contributed by atoms with Gasteiger partial charge in [0.05, 0.1) is 0 Å². The van der Waals surface area contributed by atoms with Crippen LogP contribution in [0.15, 0.2) is 24.4 Å². The van der Waals surface area contributed by atoms with Crippen LogP contribution in [-0.4, -0.2) is 49.2 Å². The molecule has 1 fully saturated rings. The first-order valence-electron chi connectivity index (χ1n) is 7.88. The van der Waals surface area contributed by atoms with E-state index in [2.05, 4.69) is 33.8 Å². The molecule has 4 nitrogen and oxygen atoms in total. The van der Waals surface area contributed by atoms with Gasteiger partial charge in [0.2, 0.25) is 0 Å². The Balaban J connectivity index is 1.65. The molecule has 0 bridgehead atoms. The Morgan fingerprint density at radius 3 is 2.65 bits per heavy atom. The van der Waals surface area contributed by atoms with Crippen LogP contribution in [0.1, 0.15) is 26.2 Å². The van der Waals surface area contributed by atoms with Crippen molar-refractivity contribution >= 4 is 5.82 Å². The number of nitrogens with two attached hydrogens (primary N) is 1. The molecule has 1 unspecified atom stereocenters. The van der Waals surface area contributed by atoms with Gasteiger partial charge in [0.15, 0.2) is 0 Å². The molecule has 2 N–H and O–H groups in total. The largest absolute Gasteiger partial charge is 0.354 e. The van der Waals surface area contributed by atoms with Crippen LogP contribution in [0.3, 0.4) is 0 Å². The zero-order valence-electron chi connectivity index (χ0n) is 12.7. The Hall–Kier alpha value is -1.13. The van der Waals surface area contributed by atoms with Crippen LogP contribution >= 0.6 is 0 Å². The first-order chi connectivity index (χ1) is 9.79. The number of aromatic nitrogens is 1. The van der Waals surface area contributed by atoms with E-state index in [1.54, 1.807) is 0 Å². The predicted octanol–water partition coefficient (Wildman–Crippen LogP) is 1.97. The van der Waals surface area contributed by atoms with Gasteiger partial charge in [-0.05, 0) is 50.4 Å². The van der Waals surface area contributed by atoms with E-state index >= 15 is 0 Å². The Bertz CT molecular complexity index is 360. The van der Waals surface area contributed by atoms with Gasteiger partial charge < -0.3 is 10.6 Å². The molecule has 0 aromatic carbocycles. The van der Waals surface area contributed by atoms with E-state index in [9.17, 15) is 0 Å². The molecule has 4 heteroatoms. The number of anilines is 1. The number of rotatable bonds is 7. The quantitative estimate of drug-likeness (QED) is 0.827. The Morgan fingerprint density at radius 2 is 2.00 bits per heavy atom. The van der Waals surface area contributed by atoms with Crippen LogP contribution < -0.4 is 10.6 Å². The van der Waals surface area contributed by atoms with Crippen LogP contribution in [0.4, 0.5) is 5.82 Å². The predicted molar refractivity (Wildman–Crippen MR) is 85.0 cm³/mol. The highest BCUT2D eigenvalue weighted by atomic mass is 15.3. The van der Waals surface area contributed by atoms with E-state index < -0.39 is 0 Å². The lowest BCUT2D eigenvalue weighted by Crippen LogP contribution is -2.46. The summed E-state index contributed by atoms with van der Waals surface area (Å²) in [5.41, 5.74) is 5.59. The molecule has 112 valence electrons. The number of hydrogen-bond acceptors (Lipinski definition) is 4. The summed E-state index contributed by atoms with van der Waals surface area (Å²) in [6, 6.07) is 6.14. The molecular formula is C16H28N4. The lowest BCUT2D eigenvalue weighted by Gasteiger charge is -2.35. The van der Waals surface area contributed by atoms with Crippen molar-refractivity contribution < 1.29 is 0 Å². The van der Waals surface area contributed by atoms with Gasteiger partial charge in [-0.1, -0.05) is 13.0 Å². The van der Waals surface area contributed by atoms with Crippen LogP contribution in [0, 0.1) is 5.92 Å². The summed E-state index contributed by atoms with van der Waals surface area (Å²) < 4.78 is 0. The van der Waals surface area contributed by atoms with Crippen molar-refractivity contribution in [3.8, 4) is 0 Å². The van der Waals surface area contributed by atoms with Gasteiger partial charge in [-0.25, -0.2) is 4.98 Å². The van der Waals surface area contributed by atoms with Gasteiger partial charge in [0, 0.05) is 32.4 Å². The van der Waals surface area contributed by atoms with Crippen molar-refractivity contribution in [1.82, 2.24) is 9.88 Å². The molecule has 1 aliphatic heterocycles. The Morgan fingerprint density at radius 1 is 1.20 bits per heavy atom. The third-order valence-corrected chi connectivity index (χ3v) is 4.18. The summed E-state index contributed by atoms with van der Waals surface area (Å²) in [5.74, 6) is 1.89. The summed E-state index contributed by atoms with van der Waals surface area (Å²) in [6.45, 7) is 8.86. The van der Waals surface area contributed by atoms with Gasteiger partial charge in [0.25, 0.3) is 0 Å². The molecule has 0 saturated carbocycles. The minimum atomic E-state index is 0.773. The summed E-state index contributed by atoms with van der Waals surface area (Å²) in [6.07, 6.45) is 5.64. The number of nitrogens with zero attached hydrogens (tertiary/aromatic N) is 3. The normalized spacial score (nSPS) is 18.2. The second-order valence-electron chi connectivity index (χ2n) is 5.84. The number of hydrogen-bond donors (Lipinski definition) is 1. The molecule has 0 aliphatic carbocycles. The van der Waals surface area contributed by atoms with Crippen LogP contribution in [0.2, 0.25) is 0 Å². The van der Waals surface area contributed by atoms with Gasteiger partial charge in [-0.2, -0.15) is 0 Å². The monoisotopic (exact) mass is 276 g/mol. The second kappa shape index (κ2) is 8.22. The topological polar surface area (TPSA) is 45.4 Å². The molecule has 1 atom stereocenters. The first-order valence-corrected chi connectivity index (χ1v) is 7.88. The molecule has 1 aromatic heterocycles. The zero-order chi connectivity index (χ0) is 14.2. The highest BCUT2D eigenvalue weighted by Crippen LogP contribution is 2.14. The van der Waals surface area contributed by atoms with E-state index in [0.29, 0.717) is 0 Å². The van der Waals surface area contributed by atoms with Crippen LogP contribution in [-0.2, 0) is 0 Å². The average molecular weight is 276 g/mol. The maximum Gasteiger partial charge on any atom is 0.128 e. The van der Waals surface area contributed by atoms with E-state index in [1.165, 1.54) is 19.4 Å². The van der Waals surface area contributed by atoms with Gasteiger partial charge in [-0.3, -0.25) is 4.90 Å². The SMILES string of the molecule is CC(CCN)CCCN1CCN(c2ccccn2)CC1. The van der Waals surface area contributed by atoms with E-state index in [1.807, 2.05) is 12.3 Å². The molecule has 0 amide bonds. The maximum absolute atomic E-state index is 5.59. The van der Waals surface area contributed by atoms with Crippen LogP contribution in [0.5, 0.6) is 0 Å². The first kappa shape index (κ1) is 15.3. The molecule has 20 heavy (non-hydrogen) atoms. The molecular weight excluding hydrogens is 248 g/mol. The van der Waals surface area contributed by atoms with Crippen molar-refractivity contribution in [3.05, 3.63) is 24.4 Å². The van der Waals surface area contributed by atoms with Crippen molar-refractivity contribution in [2.24, 2.45) is 11.7 Å². The molecule has 0 spiro atoms. The fraction of sp³-hybridized carbons (Fsp3) is 0.688. The van der Waals surface area contributed by atoms with Gasteiger partial charge in [-0.15, -0.1) is 0 Å².